The van der Waals surface area contributed by atoms with Crippen molar-refractivity contribution in [1.29, 1.82) is 0 Å². The fourth-order valence-electron chi connectivity index (χ4n) is 1.55. The van der Waals surface area contributed by atoms with Crippen LogP contribution in [0.1, 0.15) is 0 Å². The summed E-state index contributed by atoms with van der Waals surface area (Å²) in [6.45, 7) is 0. The van der Waals surface area contributed by atoms with Gasteiger partial charge in [0.05, 0.1) is 6.20 Å². The lowest BCUT2D eigenvalue weighted by atomic mass is 10.1. The van der Waals surface area contributed by atoms with Gasteiger partial charge in [0, 0.05) is 30.1 Å². The number of halogens is 3. The highest BCUT2D eigenvalue weighted by atomic mass is 19.4. The Morgan fingerprint density at radius 2 is 2.06 bits per heavy atom. The fraction of sp³-hybridized carbons (Fsp3) is 0.182. The molecule has 0 radical (unpaired) electrons. The Morgan fingerprint density at radius 3 is 2.61 bits per heavy atom. The molecule has 0 aliphatic carbocycles. The molecule has 1 aromatic carbocycles. The average Bonchev–Trinajstić information content (AvgIpc) is 2.65. The number of benzene rings is 1. The molecular weight excluding hydrogens is 247 g/mol. The largest absolute Gasteiger partial charge is 0.573 e. The molecule has 0 amide bonds. The molecule has 0 bridgehead atoms. The molecule has 18 heavy (non-hydrogen) atoms. The number of nitrogens with two attached hydrogens (primary N) is 1. The van der Waals surface area contributed by atoms with E-state index in [1.165, 1.54) is 29.1 Å². The van der Waals surface area contributed by atoms with E-state index in [1.54, 1.807) is 13.2 Å². The van der Waals surface area contributed by atoms with Crippen molar-refractivity contribution >= 4 is 5.69 Å². The van der Waals surface area contributed by atoms with Crippen LogP contribution in [0.3, 0.4) is 0 Å². The highest BCUT2D eigenvalue weighted by Gasteiger charge is 2.32. The predicted molar refractivity (Wildman–Crippen MR) is 59.7 cm³/mol. The normalized spacial score (nSPS) is 11.6. The van der Waals surface area contributed by atoms with E-state index in [1.807, 2.05) is 0 Å². The molecule has 0 spiro atoms. The summed E-state index contributed by atoms with van der Waals surface area (Å²) < 4.78 is 42.2. The van der Waals surface area contributed by atoms with Crippen molar-refractivity contribution in [1.82, 2.24) is 9.78 Å². The molecule has 2 N–H and O–H groups in total. The Balaban J connectivity index is 2.47. The lowest BCUT2D eigenvalue weighted by Gasteiger charge is -2.12. The number of ether oxygens (including phenoxy) is 1. The summed E-state index contributed by atoms with van der Waals surface area (Å²) in [6.07, 6.45) is -1.72. The van der Waals surface area contributed by atoms with E-state index in [9.17, 15) is 13.2 Å². The highest BCUT2D eigenvalue weighted by molar-refractivity contribution is 5.73. The van der Waals surface area contributed by atoms with E-state index in [0.717, 1.165) is 0 Å². The number of alkyl halides is 3. The second kappa shape index (κ2) is 4.25. The SMILES string of the molecule is Cn1cc(-c2cc(N)ccc2OC(F)(F)F)cn1. The first-order valence-electron chi connectivity index (χ1n) is 4.99. The minimum Gasteiger partial charge on any atom is -0.405 e. The van der Waals surface area contributed by atoms with Gasteiger partial charge in [-0.15, -0.1) is 13.2 Å². The van der Waals surface area contributed by atoms with Crippen molar-refractivity contribution in [3.8, 4) is 16.9 Å². The number of hydrogen-bond acceptors (Lipinski definition) is 3. The van der Waals surface area contributed by atoms with Crippen LogP contribution >= 0.6 is 0 Å². The van der Waals surface area contributed by atoms with Crippen LogP contribution in [0.25, 0.3) is 11.1 Å². The summed E-state index contributed by atoms with van der Waals surface area (Å²) >= 11 is 0. The number of nitrogen functional groups attached to an aromatic ring is 1. The zero-order valence-corrected chi connectivity index (χ0v) is 9.40. The molecule has 4 nitrogen and oxygen atoms in total. The van der Waals surface area contributed by atoms with E-state index < -0.39 is 6.36 Å². The maximum absolute atomic E-state index is 12.3. The van der Waals surface area contributed by atoms with E-state index in [4.69, 9.17) is 5.73 Å². The van der Waals surface area contributed by atoms with Crippen LogP contribution in [0.4, 0.5) is 18.9 Å². The molecule has 7 heteroatoms. The highest BCUT2D eigenvalue weighted by Crippen LogP contribution is 2.34. The standard InChI is InChI=1S/C11H10F3N3O/c1-17-6-7(5-16-17)9-4-8(15)2-3-10(9)18-11(12,13)14/h2-6H,15H2,1H3. The quantitative estimate of drug-likeness (QED) is 0.841. The third-order valence-corrected chi connectivity index (χ3v) is 2.25. The molecule has 0 unspecified atom stereocenters. The van der Waals surface area contributed by atoms with Crippen LogP contribution in [0.15, 0.2) is 30.6 Å². The van der Waals surface area contributed by atoms with E-state index in [-0.39, 0.29) is 11.3 Å². The molecule has 0 saturated heterocycles. The maximum atomic E-state index is 12.3. The van der Waals surface area contributed by atoms with Gasteiger partial charge in [-0.25, -0.2) is 0 Å². The molecule has 0 fully saturated rings. The number of aromatic nitrogens is 2. The number of nitrogens with zero attached hydrogens (tertiary/aromatic N) is 2. The predicted octanol–water partition coefficient (Wildman–Crippen LogP) is 2.57. The summed E-state index contributed by atoms with van der Waals surface area (Å²) in [5.41, 5.74) is 6.68. The third kappa shape index (κ3) is 2.73. The van der Waals surface area contributed by atoms with Crippen molar-refractivity contribution in [2.24, 2.45) is 7.05 Å². The van der Waals surface area contributed by atoms with Crippen molar-refractivity contribution in [3.05, 3.63) is 30.6 Å². The van der Waals surface area contributed by atoms with Crippen molar-refractivity contribution in [2.75, 3.05) is 5.73 Å². The van der Waals surface area contributed by atoms with Crippen LogP contribution in [0.5, 0.6) is 5.75 Å². The summed E-state index contributed by atoms with van der Waals surface area (Å²) in [6, 6.07) is 3.95. The molecule has 2 aromatic rings. The Labute approximate surface area is 101 Å². The second-order valence-electron chi connectivity index (χ2n) is 3.71. The molecular formula is C11H10F3N3O. The number of aryl methyl sites for hydroxylation is 1. The second-order valence-corrected chi connectivity index (χ2v) is 3.71. The molecule has 2 rings (SSSR count). The van der Waals surface area contributed by atoms with Gasteiger partial charge in [0.2, 0.25) is 0 Å². The van der Waals surface area contributed by atoms with Crippen molar-refractivity contribution < 1.29 is 17.9 Å². The Kier molecular flexibility index (Phi) is 2.90. The van der Waals surface area contributed by atoms with Gasteiger partial charge in [0.1, 0.15) is 5.75 Å². The van der Waals surface area contributed by atoms with Gasteiger partial charge in [-0.3, -0.25) is 4.68 Å². The van der Waals surface area contributed by atoms with E-state index in [2.05, 4.69) is 9.84 Å². The Morgan fingerprint density at radius 1 is 1.33 bits per heavy atom. The number of hydrogen-bond donors (Lipinski definition) is 1. The van der Waals surface area contributed by atoms with E-state index in [0.29, 0.717) is 11.3 Å². The van der Waals surface area contributed by atoms with Crippen molar-refractivity contribution in [2.45, 2.75) is 6.36 Å². The van der Waals surface area contributed by atoms with Gasteiger partial charge in [-0.1, -0.05) is 0 Å². The molecule has 0 aliphatic rings. The first kappa shape index (κ1) is 12.3. The van der Waals surface area contributed by atoms with Gasteiger partial charge in [0.15, 0.2) is 0 Å². The van der Waals surface area contributed by atoms with Crippen LogP contribution in [-0.4, -0.2) is 16.1 Å². The topological polar surface area (TPSA) is 53.1 Å². The average molecular weight is 257 g/mol. The monoisotopic (exact) mass is 257 g/mol. The summed E-state index contributed by atoms with van der Waals surface area (Å²) in [4.78, 5) is 0. The van der Waals surface area contributed by atoms with Crippen LogP contribution in [0.2, 0.25) is 0 Å². The molecule has 0 saturated carbocycles. The van der Waals surface area contributed by atoms with Crippen LogP contribution < -0.4 is 10.5 Å². The first-order valence-corrected chi connectivity index (χ1v) is 4.99. The van der Waals surface area contributed by atoms with Gasteiger partial charge < -0.3 is 10.5 Å². The summed E-state index contributed by atoms with van der Waals surface area (Å²) in [7, 11) is 1.67. The fourth-order valence-corrected chi connectivity index (χ4v) is 1.55. The van der Waals surface area contributed by atoms with Gasteiger partial charge >= 0.3 is 6.36 Å². The smallest absolute Gasteiger partial charge is 0.405 e. The van der Waals surface area contributed by atoms with Crippen LogP contribution in [-0.2, 0) is 7.05 Å². The molecule has 1 heterocycles. The minimum absolute atomic E-state index is 0.250. The number of anilines is 1. The van der Waals surface area contributed by atoms with Crippen molar-refractivity contribution in [3.63, 3.8) is 0 Å². The molecule has 0 atom stereocenters. The molecule has 96 valence electrons. The third-order valence-electron chi connectivity index (χ3n) is 2.25. The first-order chi connectivity index (χ1) is 8.35. The van der Waals surface area contributed by atoms with Gasteiger partial charge in [0.25, 0.3) is 0 Å². The zero-order valence-electron chi connectivity index (χ0n) is 9.40. The molecule has 1 aromatic heterocycles. The molecule has 0 aliphatic heterocycles. The lowest BCUT2D eigenvalue weighted by molar-refractivity contribution is -0.274. The Hall–Kier alpha value is -2.18. The minimum atomic E-state index is -4.74. The maximum Gasteiger partial charge on any atom is 0.573 e. The number of rotatable bonds is 2. The summed E-state index contributed by atoms with van der Waals surface area (Å²) in [5.74, 6) is -0.301. The van der Waals surface area contributed by atoms with Crippen LogP contribution in [0, 0.1) is 0 Å². The Bertz CT molecular complexity index is 563. The van der Waals surface area contributed by atoms with Gasteiger partial charge in [-0.2, -0.15) is 5.10 Å². The zero-order chi connectivity index (χ0) is 13.3. The summed E-state index contributed by atoms with van der Waals surface area (Å²) in [5, 5.41) is 3.90. The van der Waals surface area contributed by atoms with E-state index >= 15 is 0 Å². The lowest BCUT2D eigenvalue weighted by Crippen LogP contribution is -2.17. The van der Waals surface area contributed by atoms with Gasteiger partial charge in [-0.05, 0) is 18.2 Å².